The normalized spacial score (nSPS) is 15.7. The number of hydrogen-bond donors (Lipinski definition) is 1. The first-order valence-corrected chi connectivity index (χ1v) is 7.67. The molecule has 0 aliphatic heterocycles. The van der Waals surface area contributed by atoms with E-state index in [0.29, 0.717) is 13.0 Å². The van der Waals surface area contributed by atoms with Gasteiger partial charge in [-0.3, -0.25) is 0 Å². The lowest BCUT2D eigenvalue weighted by Crippen LogP contribution is -2.29. The van der Waals surface area contributed by atoms with Gasteiger partial charge in [0.25, 0.3) is 0 Å². The van der Waals surface area contributed by atoms with Crippen LogP contribution in [0.25, 0.3) is 0 Å². The molecule has 0 amide bonds. The second-order valence-corrected chi connectivity index (χ2v) is 6.82. The Bertz CT molecular complexity index is 411. The molecule has 4 nitrogen and oxygen atoms in total. The van der Waals surface area contributed by atoms with Gasteiger partial charge in [-0.15, -0.1) is 0 Å². The van der Waals surface area contributed by atoms with E-state index >= 15 is 0 Å². The van der Waals surface area contributed by atoms with Crippen molar-refractivity contribution >= 4 is 9.84 Å². The van der Waals surface area contributed by atoms with Gasteiger partial charge in [0.05, 0.1) is 23.3 Å². The molecule has 0 saturated carbocycles. The van der Waals surface area contributed by atoms with Crippen LogP contribution in [0.5, 0.6) is 0 Å². The highest BCUT2D eigenvalue weighted by atomic mass is 32.2. The van der Waals surface area contributed by atoms with E-state index in [2.05, 4.69) is 5.32 Å². The van der Waals surface area contributed by atoms with Gasteiger partial charge in [-0.1, -0.05) is 6.92 Å². The summed E-state index contributed by atoms with van der Waals surface area (Å²) in [6, 6.07) is 3.74. The molecule has 2 atom stereocenters. The van der Waals surface area contributed by atoms with Gasteiger partial charge in [-0.2, -0.15) is 0 Å². The Kier molecular flexibility index (Phi) is 5.21. The van der Waals surface area contributed by atoms with E-state index in [9.17, 15) is 8.42 Å². The standard InChI is InChI=1S/C12H21NO3S/c1-4-10(2)17(14,15)9-7-13-11(3)12-6-5-8-16-12/h5-6,8,10-11,13H,4,7,9H2,1-3H3. The topological polar surface area (TPSA) is 59.3 Å². The van der Waals surface area contributed by atoms with Gasteiger partial charge in [0.2, 0.25) is 0 Å². The van der Waals surface area contributed by atoms with Crippen molar-refractivity contribution in [1.29, 1.82) is 0 Å². The van der Waals surface area contributed by atoms with Gasteiger partial charge in [0.1, 0.15) is 5.76 Å². The molecule has 0 bridgehead atoms. The Morgan fingerprint density at radius 1 is 1.41 bits per heavy atom. The molecule has 0 radical (unpaired) electrons. The molecular weight excluding hydrogens is 238 g/mol. The first kappa shape index (κ1) is 14.3. The fourth-order valence-corrected chi connectivity index (χ4v) is 2.82. The average Bonchev–Trinajstić information content (AvgIpc) is 2.80. The van der Waals surface area contributed by atoms with Gasteiger partial charge >= 0.3 is 0 Å². The maximum atomic E-state index is 11.8. The van der Waals surface area contributed by atoms with Crippen LogP contribution in [0.1, 0.15) is 39.0 Å². The fraction of sp³-hybridized carbons (Fsp3) is 0.667. The van der Waals surface area contributed by atoms with E-state index in [-0.39, 0.29) is 17.0 Å². The van der Waals surface area contributed by atoms with Crippen LogP contribution < -0.4 is 5.32 Å². The average molecular weight is 259 g/mol. The minimum Gasteiger partial charge on any atom is -0.468 e. The molecule has 2 unspecified atom stereocenters. The van der Waals surface area contributed by atoms with E-state index in [0.717, 1.165) is 5.76 Å². The van der Waals surface area contributed by atoms with Crippen LogP contribution >= 0.6 is 0 Å². The molecule has 17 heavy (non-hydrogen) atoms. The maximum absolute atomic E-state index is 11.8. The van der Waals surface area contributed by atoms with Crippen molar-refractivity contribution in [2.24, 2.45) is 0 Å². The molecule has 0 fully saturated rings. The SMILES string of the molecule is CCC(C)S(=O)(=O)CCNC(C)c1ccco1. The lowest BCUT2D eigenvalue weighted by atomic mass is 10.2. The molecule has 1 N–H and O–H groups in total. The highest BCUT2D eigenvalue weighted by Gasteiger charge is 2.18. The summed E-state index contributed by atoms with van der Waals surface area (Å²) in [6.45, 7) is 6.05. The molecule has 0 aliphatic carbocycles. The summed E-state index contributed by atoms with van der Waals surface area (Å²) in [4.78, 5) is 0. The Labute approximate surface area is 103 Å². The third-order valence-corrected chi connectivity index (χ3v) is 5.33. The van der Waals surface area contributed by atoms with Crippen molar-refractivity contribution in [2.75, 3.05) is 12.3 Å². The van der Waals surface area contributed by atoms with Crippen LogP contribution in [-0.2, 0) is 9.84 Å². The predicted octanol–water partition coefficient (Wildman–Crippen LogP) is 2.14. The van der Waals surface area contributed by atoms with E-state index in [1.54, 1.807) is 13.2 Å². The van der Waals surface area contributed by atoms with Crippen molar-refractivity contribution < 1.29 is 12.8 Å². The summed E-state index contributed by atoms with van der Waals surface area (Å²) < 4.78 is 28.8. The molecule has 1 aromatic heterocycles. The third-order valence-electron chi connectivity index (χ3n) is 3.00. The van der Waals surface area contributed by atoms with Crippen molar-refractivity contribution in [3.05, 3.63) is 24.2 Å². The molecule has 1 rings (SSSR count). The lowest BCUT2D eigenvalue weighted by molar-refractivity contribution is 0.436. The lowest BCUT2D eigenvalue weighted by Gasteiger charge is -2.13. The van der Waals surface area contributed by atoms with Gasteiger partial charge in [-0.25, -0.2) is 8.42 Å². The molecule has 0 saturated heterocycles. The minimum atomic E-state index is -2.97. The Morgan fingerprint density at radius 3 is 2.65 bits per heavy atom. The van der Waals surface area contributed by atoms with Crippen molar-refractivity contribution in [3.63, 3.8) is 0 Å². The summed E-state index contributed by atoms with van der Waals surface area (Å²) >= 11 is 0. The predicted molar refractivity (Wildman–Crippen MR) is 68.7 cm³/mol. The monoisotopic (exact) mass is 259 g/mol. The van der Waals surface area contributed by atoms with E-state index < -0.39 is 9.84 Å². The first-order valence-electron chi connectivity index (χ1n) is 5.95. The van der Waals surface area contributed by atoms with Crippen LogP contribution in [0, 0.1) is 0 Å². The zero-order valence-electron chi connectivity index (χ0n) is 10.6. The van der Waals surface area contributed by atoms with Crippen LogP contribution in [0.3, 0.4) is 0 Å². The summed E-state index contributed by atoms with van der Waals surface area (Å²) in [5.41, 5.74) is 0. The zero-order chi connectivity index (χ0) is 12.9. The quantitative estimate of drug-likeness (QED) is 0.815. The highest BCUT2D eigenvalue weighted by molar-refractivity contribution is 7.92. The van der Waals surface area contributed by atoms with Gasteiger partial charge in [-0.05, 0) is 32.4 Å². The van der Waals surface area contributed by atoms with Crippen LogP contribution in [0.2, 0.25) is 0 Å². The minimum absolute atomic E-state index is 0.0390. The van der Waals surface area contributed by atoms with Gasteiger partial charge in [0, 0.05) is 6.54 Å². The zero-order valence-corrected chi connectivity index (χ0v) is 11.5. The summed E-state index contributed by atoms with van der Waals surface area (Å²) in [6.07, 6.45) is 2.28. The summed E-state index contributed by atoms with van der Waals surface area (Å²) in [5, 5.41) is 2.89. The Hall–Kier alpha value is -0.810. The fourth-order valence-electron chi connectivity index (χ4n) is 1.51. The molecule has 5 heteroatoms. The molecular formula is C12H21NO3S. The van der Waals surface area contributed by atoms with Gasteiger partial charge in [0.15, 0.2) is 9.84 Å². The Balaban J connectivity index is 2.38. The first-order chi connectivity index (χ1) is 7.97. The molecule has 0 aliphatic rings. The third kappa shape index (κ3) is 4.16. The molecule has 0 aromatic carbocycles. The Morgan fingerprint density at radius 2 is 2.12 bits per heavy atom. The highest BCUT2D eigenvalue weighted by Crippen LogP contribution is 2.12. The number of rotatable bonds is 7. The second-order valence-electron chi connectivity index (χ2n) is 4.28. The number of sulfone groups is 1. The second kappa shape index (κ2) is 6.21. The van der Waals surface area contributed by atoms with Crippen LogP contribution in [-0.4, -0.2) is 26.0 Å². The van der Waals surface area contributed by atoms with Gasteiger partial charge < -0.3 is 9.73 Å². The summed E-state index contributed by atoms with van der Waals surface area (Å²) in [5.74, 6) is 0.999. The number of hydrogen-bond acceptors (Lipinski definition) is 4. The van der Waals surface area contributed by atoms with Crippen molar-refractivity contribution in [1.82, 2.24) is 5.32 Å². The largest absolute Gasteiger partial charge is 0.468 e. The van der Waals surface area contributed by atoms with E-state index in [1.165, 1.54) is 0 Å². The van der Waals surface area contributed by atoms with E-state index in [1.807, 2.05) is 26.0 Å². The van der Waals surface area contributed by atoms with Crippen LogP contribution in [0.4, 0.5) is 0 Å². The molecule has 0 spiro atoms. The van der Waals surface area contributed by atoms with Crippen molar-refractivity contribution in [2.45, 2.75) is 38.5 Å². The molecule has 1 heterocycles. The smallest absolute Gasteiger partial charge is 0.154 e. The number of furan rings is 1. The molecule has 98 valence electrons. The summed E-state index contributed by atoms with van der Waals surface area (Å²) in [7, 11) is -2.97. The number of nitrogens with one attached hydrogen (secondary N) is 1. The van der Waals surface area contributed by atoms with Crippen LogP contribution in [0.15, 0.2) is 22.8 Å². The van der Waals surface area contributed by atoms with E-state index in [4.69, 9.17) is 4.42 Å². The van der Waals surface area contributed by atoms with Crippen molar-refractivity contribution in [3.8, 4) is 0 Å². The molecule has 1 aromatic rings. The maximum Gasteiger partial charge on any atom is 0.154 e.